The van der Waals surface area contributed by atoms with Crippen LogP contribution < -0.4 is 5.32 Å². The van der Waals surface area contributed by atoms with Crippen molar-refractivity contribution < 1.29 is 42.1 Å². The van der Waals surface area contributed by atoms with Crippen molar-refractivity contribution in [2.45, 2.75) is 33.3 Å². The maximum atomic E-state index is 15.5. The van der Waals surface area contributed by atoms with Gasteiger partial charge in [0.1, 0.15) is 17.5 Å². The van der Waals surface area contributed by atoms with Crippen molar-refractivity contribution in [2.75, 3.05) is 38.4 Å². The third kappa shape index (κ3) is 8.70. The highest BCUT2D eigenvalue weighted by atomic mass is 32.1. The lowest BCUT2D eigenvalue weighted by Crippen LogP contribution is -2.13. The third-order valence-corrected chi connectivity index (χ3v) is 6.67. The number of hydrogen-bond donors (Lipinski definition) is 2. The molecule has 8 nitrogen and oxygen atoms in total. The molecule has 0 fully saturated rings. The molecule has 2 N–H and O–H groups in total. The first-order valence-electron chi connectivity index (χ1n) is 12.9. The zero-order valence-electron chi connectivity index (χ0n) is 22.8. The Kier molecular flexibility index (Phi) is 12.0. The number of nitrogens with zero attached hydrogens (tertiary/aromatic N) is 1. The van der Waals surface area contributed by atoms with Gasteiger partial charge in [-0.1, -0.05) is 19.1 Å². The minimum absolute atomic E-state index is 0.0915. The van der Waals surface area contributed by atoms with Gasteiger partial charge in [0.2, 0.25) is 0 Å². The van der Waals surface area contributed by atoms with Gasteiger partial charge in [-0.15, -0.1) is 11.3 Å². The van der Waals surface area contributed by atoms with Gasteiger partial charge < -0.3 is 19.3 Å². The number of aliphatic carboxylic acids is 1. The van der Waals surface area contributed by atoms with Crippen molar-refractivity contribution in [2.24, 2.45) is 0 Å². The fraction of sp³-hybridized carbons (Fsp3) is 0.345. The Morgan fingerprint density at radius 3 is 2.41 bits per heavy atom. The second kappa shape index (κ2) is 15.4. The molecular formula is C29H31F3N2O6S. The Balaban J connectivity index is 1.70. The number of hydrogen-bond acceptors (Lipinski definition) is 7. The minimum atomic E-state index is -1.33. The predicted octanol–water partition coefficient (Wildman–Crippen LogP) is 6.49. The van der Waals surface area contributed by atoms with Crippen LogP contribution in [0.1, 0.15) is 54.8 Å². The summed E-state index contributed by atoms with van der Waals surface area (Å²) in [6.45, 7) is 7.14. The second-order valence-electron chi connectivity index (χ2n) is 8.76. The summed E-state index contributed by atoms with van der Waals surface area (Å²) in [5.74, 6) is -4.88. The molecule has 0 saturated carbocycles. The van der Waals surface area contributed by atoms with Crippen LogP contribution in [0.4, 0.5) is 18.3 Å². The molecule has 1 atom stereocenters. The SMILES string of the molecule is CCOCCOCCOC(CC)c1cccc(-c2csc(NC(=O)c3cc(F)c(C=C(C)C(=O)O)c(F)c3)n2)c1F. The van der Waals surface area contributed by atoms with E-state index < -0.39 is 41.0 Å². The van der Waals surface area contributed by atoms with Crippen LogP contribution in [0.2, 0.25) is 0 Å². The molecular weight excluding hydrogens is 561 g/mol. The Labute approximate surface area is 239 Å². The zero-order chi connectivity index (χ0) is 29.9. The topological polar surface area (TPSA) is 107 Å². The van der Waals surface area contributed by atoms with Crippen molar-refractivity contribution in [3.05, 3.63) is 75.4 Å². The van der Waals surface area contributed by atoms with E-state index in [4.69, 9.17) is 19.3 Å². The molecule has 3 aromatic rings. The summed E-state index contributed by atoms with van der Waals surface area (Å²) in [5, 5.41) is 13.0. The number of anilines is 1. The molecule has 3 rings (SSSR count). The van der Waals surface area contributed by atoms with E-state index in [9.17, 15) is 18.4 Å². The number of carboxylic acids is 1. The van der Waals surface area contributed by atoms with Crippen LogP contribution in [0.5, 0.6) is 0 Å². The number of aromatic nitrogens is 1. The molecule has 2 aromatic carbocycles. The molecule has 0 saturated heterocycles. The van der Waals surface area contributed by atoms with Crippen LogP contribution in [0.15, 0.2) is 41.3 Å². The molecule has 0 aliphatic carbocycles. The molecule has 1 aromatic heterocycles. The van der Waals surface area contributed by atoms with Gasteiger partial charge in [-0.25, -0.2) is 22.9 Å². The summed E-state index contributed by atoms with van der Waals surface area (Å²) >= 11 is 1.01. The van der Waals surface area contributed by atoms with E-state index in [1.165, 1.54) is 6.92 Å². The fourth-order valence-electron chi connectivity index (χ4n) is 3.79. The smallest absolute Gasteiger partial charge is 0.331 e. The summed E-state index contributed by atoms with van der Waals surface area (Å²) in [5.41, 5.74) is -0.351. The van der Waals surface area contributed by atoms with Crippen molar-refractivity contribution in [3.63, 3.8) is 0 Å². The first-order valence-corrected chi connectivity index (χ1v) is 13.8. The van der Waals surface area contributed by atoms with Crippen LogP contribution in [-0.4, -0.2) is 55.0 Å². The highest BCUT2D eigenvalue weighted by Crippen LogP contribution is 2.33. The Morgan fingerprint density at radius 2 is 1.76 bits per heavy atom. The van der Waals surface area contributed by atoms with Crippen molar-refractivity contribution in [1.82, 2.24) is 4.98 Å². The number of carboxylic acid groups (broad SMARTS) is 1. The van der Waals surface area contributed by atoms with E-state index in [2.05, 4.69) is 10.3 Å². The van der Waals surface area contributed by atoms with Crippen LogP contribution in [0, 0.1) is 17.5 Å². The number of rotatable bonds is 15. The summed E-state index contributed by atoms with van der Waals surface area (Å²) in [7, 11) is 0. The predicted molar refractivity (Wildman–Crippen MR) is 149 cm³/mol. The lowest BCUT2D eigenvalue weighted by molar-refractivity contribution is -0.132. The largest absolute Gasteiger partial charge is 0.478 e. The molecule has 0 aliphatic heterocycles. The van der Waals surface area contributed by atoms with E-state index in [0.717, 1.165) is 29.5 Å². The maximum absolute atomic E-state index is 15.5. The Morgan fingerprint density at radius 1 is 1.07 bits per heavy atom. The number of ether oxygens (including phenoxy) is 3. The molecule has 1 heterocycles. The van der Waals surface area contributed by atoms with Gasteiger partial charge in [0.25, 0.3) is 5.91 Å². The number of carbonyl (C=O) groups is 2. The van der Waals surface area contributed by atoms with Gasteiger partial charge in [-0.2, -0.15) is 0 Å². The van der Waals surface area contributed by atoms with Gasteiger partial charge >= 0.3 is 5.97 Å². The number of nitrogens with one attached hydrogen (secondary N) is 1. The quantitative estimate of drug-likeness (QED) is 0.154. The van der Waals surface area contributed by atoms with Gasteiger partial charge in [0.05, 0.1) is 38.2 Å². The van der Waals surface area contributed by atoms with Crippen LogP contribution in [-0.2, 0) is 19.0 Å². The second-order valence-corrected chi connectivity index (χ2v) is 9.62. The molecule has 0 spiro atoms. The Bertz CT molecular complexity index is 1370. The number of amides is 1. The van der Waals surface area contributed by atoms with Crippen molar-refractivity contribution in [1.29, 1.82) is 0 Å². The monoisotopic (exact) mass is 592 g/mol. The molecule has 1 amide bonds. The molecule has 1 unspecified atom stereocenters. The minimum Gasteiger partial charge on any atom is -0.478 e. The van der Waals surface area contributed by atoms with Gasteiger partial charge in [0, 0.05) is 39.8 Å². The lowest BCUT2D eigenvalue weighted by atomic mass is 10.0. The molecule has 41 heavy (non-hydrogen) atoms. The van der Waals surface area contributed by atoms with Gasteiger partial charge in [-0.3, -0.25) is 10.1 Å². The first kappa shape index (κ1) is 31.9. The third-order valence-electron chi connectivity index (χ3n) is 5.91. The normalized spacial score (nSPS) is 12.4. The molecule has 0 bridgehead atoms. The van der Waals surface area contributed by atoms with Crippen LogP contribution in [0.25, 0.3) is 17.3 Å². The van der Waals surface area contributed by atoms with E-state index in [0.29, 0.717) is 38.4 Å². The standard InChI is InChI=1S/C29H31F3N2O6S/c1-4-25(40-12-11-39-10-9-38-5-2)20-8-6-7-19(26(20)32)24-16-41-29(33-24)34-27(35)18-14-22(30)21(23(31)15-18)13-17(3)28(36)37/h6-8,13-16,25H,4-5,9-12H2,1-3H3,(H,36,37)(H,33,34,35). The van der Waals surface area contributed by atoms with E-state index in [1.54, 1.807) is 23.6 Å². The van der Waals surface area contributed by atoms with E-state index in [-0.39, 0.29) is 34.1 Å². The van der Waals surface area contributed by atoms with Crippen molar-refractivity contribution >= 4 is 34.4 Å². The Hall–Kier alpha value is -3.58. The van der Waals surface area contributed by atoms with E-state index in [1.807, 2.05) is 13.8 Å². The average Bonchev–Trinajstić information content (AvgIpc) is 3.40. The number of benzene rings is 2. The van der Waals surface area contributed by atoms with Gasteiger partial charge in [-0.05, 0) is 44.5 Å². The van der Waals surface area contributed by atoms with Gasteiger partial charge in [0.15, 0.2) is 5.13 Å². The molecule has 220 valence electrons. The number of halogens is 3. The molecule has 0 aliphatic rings. The highest BCUT2D eigenvalue weighted by molar-refractivity contribution is 7.14. The highest BCUT2D eigenvalue weighted by Gasteiger charge is 2.21. The number of carbonyl (C=O) groups excluding carboxylic acids is 1. The zero-order valence-corrected chi connectivity index (χ0v) is 23.7. The first-order chi connectivity index (χ1) is 19.7. The lowest BCUT2D eigenvalue weighted by Gasteiger charge is -2.18. The summed E-state index contributed by atoms with van der Waals surface area (Å²) in [4.78, 5) is 27.9. The average molecular weight is 593 g/mol. The summed E-state index contributed by atoms with van der Waals surface area (Å²) < 4.78 is 61.0. The molecule has 12 heteroatoms. The van der Waals surface area contributed by atoms with E-state index >= 15 is 4.39 Å². The fourth-order valence-corrected chi connectivity index (χ4v) is 4.50. The number of thiazole rings is 1. The summed E-state index contributed by atoms with van der Waals surface area (Å²) in [6, 6.07) is 6.47. The van der Waals surface area contributed by atoms with Crippen LogP contribution in [0.3, 0.4) is 0 Å². The van der Waals surface area contributed by atoms with Crippen LogP contribution >= 0.6 is 11.3 Å². The summed E-state index contributed by atoms with van der Waals surface area (Å²) in [6.07, 6.45) is 0.858. The van der Waals surface area contributed by atoms with Crippen molar-refractivity contribution in [3.8, 4) is 11.3 Å². The maximum Gasteiger partial charge on any atom is 0.331 e. The molecule has 0 radical (unpaired) electrons.